The number of anilines is 1. The number of ketones is 1. The van der Waals surface area contributed by atoms with Gasteiger partial charge in [-0.3, -0.25) is 34.2 Å². The molecule has 0 unspecified atom stereocenters. The molecule has 5 aromatic rings. The van der Waals surface area contributed by atoms with Crippen LogP contribution in [0.15, 0.2) is 85.7 Å². The normalized spacial score (nSPS) is 17.2. The van der Waals surface area contributed by atoms with Crippen molar-refractivity contribution in [2.75, 3.05) is 4.90 Å². The lowest BCUT2D eigenvalue weighted by atomic mass is 9.91. The number of para-hydroxylation sites is 2. The van der Waals surface area contributed by atoms with Crippen molar-refractivity contribution < 1.29 is 18.8 Å². The summed E-state index contributed by atoms with van der Waals surface area (Å²) in [4.78, 5) is 74.9. The molecule has 1 aliphatic rings. The van der Waals surface area contributed by atoms with Gasteiger partial charge in [-0.25, -0.2) is 14.9 Å². The van der Waals surface area contributed by atoms with Gasteiger partial charge in [0.05, 0.1) is 22.1 Å². The first-order chi connectivity index (χ1) is 18.3. The van der Waals surface area contributed by atoms with Gasteiger partial charge in [0.15, 0.2) is 11.5 Å². The van der Waals surface area contributed by atoms with Crippen LogP contribution in [-0.4, -0.2) is 38.5 Å². The summed E-state index contributed by atoms with van der Waals surface area (Å²) in [6.45, 7) is 0. The maximum absolute atomic E-state index is 13.8. The summed E-state index contributed by atoms with van der Waals surface area (Å²) in [6, 6.07) is 16.7. The number of aromatic nitrogens is 3. The first-order valence-corrected chi connectivity index (χ1v) is 11.6. The number of aliphatic imine (C=N–C) groups is 1. The molecule has 2 N–H and O–H groups in total. The Labute approximate surface area is 216 Å². The molecule has 0 radical (unpaired) electrons. The number of piperidine rings is 1. The number of aromatic amines is 2. The lowest BCUT2D eigenvalue weighted by Crippen LogP contribution is -2.54. The molecule has 0 bridgehead atoms. The maximum atomic E-state index is 13.8. The van der Waals surface area contributed by atoms with E-state index in [2.05, 4.69) is 20.2 Å². The topological polar surface area (TPSA) is 159 Å². The molecule has 186 valence electrons. The van der Waals surface area contributed by atoms with Gasteiger partial charge in [-0.2, -0.15) is 0 Å². The average molecular weight is 528 g/mol. The quantitative estimate of drug-likeness (QED) is 0.269. The summed E-state index contributed by atoms with van der Waals surface area (Å²) in [7, 11) is 0. The smallest absolute Gasteiger partial charge is 0.302 e. The summed E-state index contributed by atoms with van der Waals surface area (Å²) in [5.74, 6) is -4.86. The van der Waals surface area contributed by atoms with Crippen LogP contribution in [0.25, 0.3) is 21.9 Å². The fourth-order valence-corrected chi connectivity index (χ4v) is 4.43. The second-order valence-corrected chi connectivity index (χ2v) is 8.78. The number of Topliss-reactive ketones (excluding diaryl/α,β-unsaturated/α-hetero) is 1. The highest BCUT2D eigenvalue weighted by Crippen LogP contribution is 2.33. The number of fused-ring (bicyclic) bond motifs is 2. The SMILES string of the molecule is O=C1C(=O)N(c2ccc(Cl)cc2)C(=O)C(=Nc2cccc3c(=O)[nH][nH]c(=O)c23)[C@H]1c1nc2ccccc2o1. The Morgan fingerprint density at radius 3 is 2.34 bits per heavy atom. The van der Waals surface area contributed by atoms with E-state index in [1.807, 2.05) is 0 Å². The van der Waals surface area contributed by atoms with Crippen LogP contribution >= 0.6 is 11.6 Å². The number of hydrogen-bond donors (Lipinski definition) is 2. The molecule has 2 amide bonds. The van der Waals surface area contributed by atoms with Gasteiger partial charge in [0.1, 0.15) is 11.2 Å². The van der Waals surface area contributed by atoms with Crippen molar-refractivity contribution >= 4 is 68.2 Å². The number of benzene rings is 3. The summed E-state index contributed by atoms with van der Waals surface area (Å²) in [5.41, 5.74) is -0.889. The van der Waals surface area contributed by atoms with Crippen molar-refractivity contribution in [1.82, 2.24) is 15.2 Å². The summed E-state index contributed by atoms with van der Waals surface area (Å²) < 4.78 is 5.75. The highest BCUT2D eigenvalue weighted by Gasteiger charge is 2.49. The van der Waals surface area contributed by atoms with E-state index in [1.165, 1.54) is 42.5 Å². The summed E-state index contributed by atoms with van der Waals surface area (Å²) in [5, 5.41) is 4.73. The zero-order valence-electron chi connectivity index (χ0n) is 19.1. The number of H-pyrrole nitrogens is 2. The van der Waals surface area contributed by atoms with E-state index in [0.717, 1.165) is 0 Å². The monoisotopic (exact) mass is 527 g/mol. The lowest BCUT2D eigenvalue weighted by molar-refractivity contribution is -0.139. The van der Waals surface area contributed by atoms with Crippen molar-refractivity contribution in [3.05, 3.63) is 98.4 Å². The van der Waals surface area contributed by atoms with E-state index in [-0.39, 0.29) is 28.0 Å². The number of carbonyl (C=O) groups is 3. The Bertz CT molecular complexity index is 1920. The second kappa shape index (κ2) is 8.75. The van der Waals surface area contributed by atoms with E-state index < -0.39 is 40.3 Å². The van der Waals surface area contributed by atoms with Crippen LogP contribution in [-0.2, 0) is 14.4 Å². The first kappa shape index (κ1) is 23.3. The van der Waals surface area contributed by atoms with Crippen molar-refractivity contribution in [3.8, 4) is 0 Å². The summed E-state index contributed by atoms with van der Waals surface area (Å²) in [6.07, 6.45) is 0. The molecule has 1 atom stereocenters. The Morgan fingerprint density at radius 2 is 1.58 bits per heavy atom. The van der Waals surface area contributed by atoms with Gasteiger partial charge in [0, 0.05) is 5.02 Å². The fourth-order valence-electron chi connectivity index (χ4n) is 4.30. The highest BCUT2D eigenvalue weighted by molar-refractivity contribution is 6.67. The number of nitrogens with one attached hydrogen (secondary N) is 2. The van der Waals surface area contributed by atoms with Gasteiger partial charge in [0.25, 0.3) is 17.0 Å². The number of halogens is 1. The Hall–Kier alpha value is -5.16. The lowest BCUT2D eigenvalue weighted by Gasteiger charge is -2.28. The van der Waals surface area contributed by atoms with E-state index in [1.54, 1.807) is 24.3 Å². The first-order valence-electron chi connectivity index (χ1n) is 11.2. The van der Waals surface area contributed by atoms with Gasteiger partial charge < -0.3 is 4.42 Å². The molecule has 1 saturated heterocycles. The van der Waals surface area contributed by atoms with Crippen LogP contribution in [0.2, 0.25) is 5.02 Å². The molecule has 12 heteroatoms. The van der Waals surface area contributed by atoms with Crippen LogP contribution in [0.5, 0.6) is 0 Å². The van der Waals surface area contributed by atoms with Gasteiger partial charge in [-0.1, -0.05) is 29.8 Å². The number of amides is 2. The van der Waals surface area contributed by atoms with E-state index in [0.29, 0.717) is 21.0 Å². The molecule has 0 saturated carbocycles. The molecule has 3 heterocycles. The number of rotatable bonds is 3. The molecule has 6 rings (SSSR count). The second-order valence-electron chi connectivity index (χ2n) is 8.34. The molecule has 0 aliphatic carbocycles. The zero-order valence-corrected chi connectivity index (χ0v) is 19.9. The Balaban J connectivity index is 1.61. The fraction of sp³-hybridized carbons (Fsp3) is 0.0385. The van der Waals surface area contributed by atoms with E-state index in [4.69, 9.17) is 16.0 Å². The van der Waals surface area contributed by atoms with Crippen LogP contribution in [0.3, 0.4) is 0 Å². The molecule has 38 heavy (non-hydrogen) atoms. The number of nitrogens with zero attached hydrogens (tertiary/aromatic N) is 3. The number of carbonyl (C=O) groups excluding carboxylic acids is 3. The largest absolute Gasteiger partial charge is 0.439 e. The van der Waals surface area contributed by atoms with E-state index in [9.17, 15) is 24.0 Å². The van der Waals surface area contributed by atoms with Crippen LogP contribution < -0.4 is 16.0 Å². The average Bonchev–Trinajstić information content (AvgIpc) is 3.34. The summed E-state index contributed by atoms with van der Waals surface area (Å²) >= 11 is 5.95. The minimum atomic E-state index is -1.60. The zero-order chi connectivity index (χ0) is 26.6. The van der Waals surface area contributed by atoms with Crippen molar-refractivity contribution in [3.63, 3.8) is 0 Å². The standard InChI is InChI=1S/C26H14ClN5O6/c27-12-8-10-13(11-9-12)32-25(36)20(28-16-6-3-4-14-18(16)23(35)31-30-22(14)34)19(21(33)26(32)37)24-29-15-5-1-2-7-17(15)38-24/h1-11,19H,(H,30,34)(H,31,35)/t19-/m1/s1. The van der Waals surface area contributed by atoms with Gasteiger partial charge >= 0.3 is 5.91 Å². The predicted molar refractivity (Wildman–Crippen MR) is 138 cm³/mol. The maximum Gasteiger partial charge on any atom is 0.302 e. The third-order valence-electron chi connectivity index (χ3n) is 6.06. The molecule has 2 aromatic heterocycles. The third-order valence-corrected chi connectivity index (χ3v) is 6.31. The molecule has 3 aromatic carbocycles. The van der Waals surface area contributed by atoms with Gasteiger partial charge in [0.2, 0.25) is 11.7 Å². The Kier molecular flexibility index (Phi) is 5.35. The molecule has 11 nitrogen and oxygen atoms in total. The Morgan fingerprint density at radius 1 is 0.842 bits per heavy atom. The minimum Gasteiger partial charge on any atom is -0.439 e. The molecule has 1 aliphatic heterocycles. The number of hydrogen-bond acceptors (Lipinski definition) is 8. The number of oxazole rings is 1. The minimum absolute atomic E-state index is 0.0224. The van der Waals surface area contributed by atoms with Crippen molar-refractivity contribution in [2.24, 2.45) is 4.99 Å². The van der Waals surface area contributed by atoms with Crippen molar-refractivity contribution in [1.29, 1.82) is 0 Å². The van der Waals surface area contributed by atoms with Crippen LogP contribution in [0, 0.1) is 0 Å². The number of imide groups is 1. The molecule has 1 fully saturated rings. The van der Waals surface area contributed by atoms with Crippen LogP contribution in [0.4, 0.5) is 11.4 Å². The van der Waals surface area contributed by atoms with E-state index >= 15 is 0 Å². The third kappa shape index (κ3) is 3.64. The molecule has 0 spiro atoms. The van der Waals surface area contributed by atoms with Gasteiger partial charge in [-0.05, 0) is 48.5 Å². The molecular weight excluding hydrogens is 514 g/mol. The highest BCUT2D eigenvalue weighted by atomic mass is 35.5. The van der Waals surface area contributed by atoms with Crippen LogP contribution in [0.1, 0.15) is 11.8 Å². The van der Waals surface area contributed by atoms with Gasteiger partial charge in [-0.15, -0.1) is 0 Å². The molecular formula is C26H14ClN5O6. The predicted octanol–water partition coefficient (Wildman–Crippen LogP) is 3.01. The van der Waals surface area contributed by atoms with Crippen molar-refractivity contribution in [2.45, 2.75) is 5.92 Å².